The number of halogens is 2. The maximum Gasteiger partial charge on any atom is 0.258 e. The summed E-state index contributed by atoms with van der Waals surface area (Å²) >= 11 is 6.17. The molecule has 0 bridgehead atoms. The Morgan fingerprint density at radius 3 is 2.65 bits per heavy atom. The van der Waals surface area contributed by atoms with Crippen LogP contribution in [-0.4, -0.2) is 57.6 Å². The van der Waals surface area contributed by atoms with E-state index in [4.69, 9.17) is 16.3 Å². The van der Waals surface area contributed by atoms with Crippen LogP contribution in [0.1, 0.15) is 48.3 Å². The van der Waals surface area contributed by atoms with E-state index in [-0.39, 0.29) is 23.0 Å². The second kappa shape index (κ2) is 9.82. The number of likely N-dealkylation sites (tertiary alicyclic amines) is 1. The topological polar surface area (TPSA) is 67.7 Å². The Balaban J connectivity index is 1.42. The molecule has 1 aromatic heterocycles. The van der Waals surface area contributed by atoms with Gasteiger partial charge in [-0.05, 0) is 67.1 Å². The second-order valence-electron chi connectivity index (χ2n) is 10.5. The maximum atomic E-state index is 13.9. The van der Waals surface area contributed by atoms with Crippen LogP contribution in [0.25, 0.3) is 5.69 Å². The lowest BCUT2D eigenvalue weighted by atomic mass is 9.87. The molecule has 194 valence electrons. The lowest BCUT2D eigenvalue weighted by Gasteiger charge is -2.34. The van der Waals surface area contributed by atoms with Gasteiger partial charge in [0.2, 0.25) is 5.91 Å². The molecule has 2 aromatic carbocycles. The van der Waals surface area contributed by atoms with Crippen LogP contribution in [0.3, 0.4) is 0 Å². The Hall–Kier alpha value is -3.39. The van der Waals surface area contributed by atoms with E-state index >= 15 is 0 Å². The summed E-state index contributed by atoms with van der Waals surface area (Å²) in [6.07, 6.45) is 3.84. The lowest BCUT2D eigenvalue weighted by molar-refractivity contribution is -0.137. The third-order valence-electron chi connectivity index (χ3n) is 7.15. The van der Waals surface area contributed by atoms with Crippen molar-refractivity contribution in [3.63, 3.8) is 0 Å². The van der Waals surface area contributed by atoms with Gasteiger partial charge in [0.25, 0.3) is 5.91 Å². The molecule has 1 atom stereocenters. The van der Waals surface area contributed by atoms with Gasteiger partial charge in [0.15, 0.2) is 0 Å². The van der Waals surface area contributed by atoms with E-state index in [0.717, 1.165) is 23.4 Å². The predicted octanol–water partition coefficient (Wildman–Crippen LogP) is 4.89. The molecule has 0 aliphatic carbocycles. The summed E-state index contributed by atoms with van der Waals surface area (Å²) in [7, 11) is 1.51. The van der Waals surface area contributed by atoms with Crippen molar-refractivity contribution in [2.45, 2.75) is 45.7 Å². The predicted molar refractivity (Wildman–Crippen MR) is 138 cm³/mol. The van der Waals surface area contributed by atoms with Crippen LogP contribution >= 0.6 is 11.6 Å². The highest BCUT2D eigenvalue weighted by Crippen LogP contribution is 2.34. The molecule has 7 nitrogen and oxygen atoms in total. The standard InChI is InChI=1S/C28H30ClFN4O3/c1-28(2)14-24-18(15-31-34(24)21-9-7-20(30)8-10-21)16-32(17-28)27(36)23-5-4-12-33(23)26(35)22-13-19(29)6-11-25(22)37-3/h6-11,13,15,23H,4-5,12,14,16-17H2,1-3H3. The van der Waals surface area contributed by atoms with Crippen LogP contribution < -0.4 is 4.74 Å². The molecular formula is C28H30ClFN4O3. The molecule has 1 fully saturated rings. The van der Waals surface area contributed by atoms with Gasteiger partial charge in [-0.15, -0.1) is 0 Å². The molecule has 1 unspecified atom stereocenters. The first-order valence-corrected chi connectivity index (χ1v) is 12.8. The Labute approximate surface area is 220 Å². The van der Waals surface area contributed by atoms with Gasteiger partial charge in [-0.25, -0.2) is 9.07 Å². The number of nitrogens with zero attached hydrogens (tertiary/aromatic N) is 4. The minimum atomic E-state index is -0.555. The first-order chi connectivity index (χ1) is 17.7. The molecule has 9 heteroatoms. The Kier molecular flexibility index (Phi) is 6.70. The normalized spacial score (nSPS) is 18.9. The summed E-state index contributed by atoms with van der Waals surface area (Å²) in [4.78, 5) is 31.0. The van der Waals surface area contributed by atoms with Crippen molar-refractivity contribution in [1.82, 2.24) is 19.6 Å². The number of hydrogen-bond acceptors (Lipinski definition) is 4. The average Bonchev–Trinajstić information content (AvgIpc) is 3.47. The van der Waals surface area contributed by atoms with Gasteiger partial charge in [0, 0.05) is 35.9 Å². The van der Waals surface area contributed by atoms with E-state index in [2.05, 4.69) is 18.9 Å². The largest absolute Gasteiger partial charge is 0.496 e. The number of ether oxygens (including phenoxy) is 1. The molecule has 2 aliphatic rings. The molecule has 0 radical (unpaired) electrons. The van der Waals surface area contributed by atoms with E-state index < -0.39 is 6.04 Å². The zero-order valence-corrected chi connectivity index (χ0v) is 22.0. The average molecular weight is 525 g/mol. The Bertz CT molecular complexity index is 1340. The number of hydrogen-bond donors (Lipinski definition) is 0. The van der Waals surface area contributed by atoms with Crippen LogP contribution in [0, 0.1) is 11.2 Å². The summed E-state index contributed by atoms with van der Waals surface area (Å²) in [6, 6.07) is 10.6. The second-order valence-corrected chi connectivity index (χ2v) is 11.0. The van der Waals surface area contributed by atoms with E-state index in [1.54, 1.807) is 41.4 Å². The van der Waals surface area contributed by atoms with Crippen LogP contribution in [0.5, 0.6) is 5.75 Å². The van der Waals surface area contributed by atoms with Gasteiger partial charge >= 0.3 is 0 Å². The molecule has 2 aliphatic heterocycles. The first kappa shape index (κ1) is 25.3. The van der Waals surface area contributed by atoms with Crippen LogP contribution in [0.4, 0.5) is 4.39 Å². The van der Waals surface area contributed by atoms with Crippen molar-refractivity contribution in [3.05, 3.63) is 76.3 Å². The fourth-order valence-corrected chi connectivity index (χ4v) is 5.63. The van der Waals surface area contributed by atoms with Crippen molar-refractivity contribution >= 4 is 23.4 Å². The summed E-state index contributed by atoms with van der Waals surface area (Å²) in [5.74, 6) is -0.192. The minimum absolute atomic E-state index is 0.0673. The van der Waals surface area contributed by atoms with Gasteiger partial charge in [-0.3, -0.25) is 9.59 Å². The number of carbonyl (C=O) groups is 2. The third-order valence-corrected chi connectivity index (χ3v) is 7.39. The van der Waals surface area contributed by atoms with Crippen molar-refractivity contribution in [1.29, 1.82) is 0 Å². The molecule has 0 spiro atoms. The molecule has 5 rings (SSSR count). The molecule has 3 aromatic rings. The van der Waals surface area contributed by atoms with Crippen molar-refractivity contribution in [3.8, 4) is 11.4 Å². The number of fused-ring (bicyclic) bond motifs is 1. The van der Waals surface area contributed by atoms with Gasteiger partial charge in [0.1, 0.15) is 17.6 Å². The zero-order chi connectivity index (χ0) is 26.3. The lowest BCUT2D eigenvalue weighted by Crippen LogP contribution is -2.49. The van der Waals surface area contributed by atoms with Crippen molar-refractivity contribution < 1.29 is 18.7 Å². The first-order valence-electron chi connectivity index (χ1n) is 12.4. The molecule has 1 saturated heterocycles. The quantitative estimate of drug-likeness (QED) is 0.487. The number of rotatable bonds is 4. The Morgan fingerprint density at radius 2 is 1.92 bits per heavy atom. The highest BCUT2D eigenvalue weighted by Gasteiger charge is 2.41. The van der Waals surface area contributed by atoms with Crippen molar-refractivity contribution in [2.75, 3.05) is 20.2 Å². The molecular weight excluding hydrogens is 495 g/mol. The highest BCUT2D eigenvalue weighted by molar-refractivity contribution is 6.31. The summed E-state index contributed by atoms with van der Waals surface area (Å²) in [5, 5.41) is 5.01. The molecule has 0 saturated carbocycles. The van der Waals surface area contributed by atoms with Crippen LogP contribution in [0.2, 0.25) is 5.02 Å². The monoisotopic (exact) mass is 524 g/mol. The van der Waals surface area contributed by atoms with Gasteiger partial charge in [0.05, 0.1) is 24.6 Å². The number of aromatic nitrogens is 2. The molecule has 2 amide bonds. The smallest absolute Gasteiger partial charge is 0.258 e. The van der Waals surface area contributed by atoms with E-state index in [9.17, 15) is 14.0 Å². The van der Waals surface area contributed by atoms with Crippen LogP contribution in [-0.2, 0) is 17.8 Å². The van der Waals surface area contributed by atoms with Crippen LogP contribution in [0.15, 0.2) is 48.7 Å². The number of amides is 2. The number of benzene rings is 2. The van der Waals surface area contributed by atoms with E-state index in [1.807, 2.05) is 9.58 Å². The van der Waals surface area contributed by atoms with Gasteiger partial charge < -0.3 is 14.5 Å². The Morgan fingerprint density at radius 1 is 1.16 bits per heavy atom. The number of carbonyl (C=O) groups excluding carboxylic acids is 2. The zero-order valence-electron chi connectivity index (χ0n) is 21.2. The summed E-state index contributed by atoms with van der Waals surface area (Å²) < 4.78 is 20.7. The molecule has 0 N–H and O–H groups in total. The van der Waals surface area contributed by atoms with E-state index in [0.29, 0.717) is 48.8 Å². The van der Waals surface area contributed by atoms with E-state index in [1.165, 1.54) is 19.2 Å². The summed E-state index contributed by atoms with van der Waals surface area (Å²) in [6.45, 7) is 5.69. The third kappa shape index (κ3) is 4.94. The minimum Gasteiger partial charge on any atom is -0.496 e. The van der Waals surface area contributed by atoms with Gasteiger partial charge in [-0.1, -0.05) is 25.4 Å². The molecule has 3 heterocycles. The van der Waals surface area contributed by atoms with Crippen molar-refractivity contribution in [2.24, 2.45) is 5.41 Å². The maximum absolute atomic E-state index is 13.9. The highest BCUT2D eigenvalue weighted by atomic mass is 35.5. The summed E-state index contributed by atoms with van der Waals surface area (Å²) in [5.41, 5.74) is 2.86. The van der Waals surface area contributed by atoms with Gasteiger partial charge in [-0.2, -0.15) is 5.10 Å². The molecule has 37 heavy (non-hydrogen) atoms. The number of methoxy groups -OCH3 is 1. The SMILES string of the molecule is COc1ccc(Cl)cc1C(=O)N1CCCC1C(=O)N1Cc2cnn(-c3ccc(F)cc3)c2CC(C)(C)C1. The fraction of sp³-hybridized carbons (Fsp3) is 0.393. The fourth-order valence-electron chi connectivity index (χ4n) is 5.46.